The number of ether oxygens (including phenoxy) is 1. The first-order valence-electron chi connectivity index (χ1n) is 7.71. The van der Waals surface area contributed by atoms with Crippen LogP contribution in [0.5, 0.6) is 5.75 Å². The van der Waals surface area contributed by atoms with Gasteiger partial charge in [0.05, 0.1) is 11.4 Å². The van der Waals surface area contributed by atoms with E-state index in [-0.39, 0.29) is 11.7 Å². The minimum atomic E-state index is -0.194. The first-order chi connectivity index (χ1) is 11.5. The molecule has 24 heavy (non-hydrogen) atoms. The van der Waals surface area contributed by atoms with E-state index in [2.05, 4.69) is 4.98 Å². The zero-order valence-corrected chi connectivity index (χ0v) is 13.8. The van der Waals surface area contributed by atoms with Gasteiger partial charge in [-0.3, -0.25) is 9.78 Å². The number of likely N-dealkylation sites (N-methyl/N-ethyl adjacent to an activating group) is 1. The van der Waals surface area contributed by atoms with Gasteiger partial charge >= 0.3 is 0 Å². The molecule has 0 saturated heterocycles. The van der Waals surface area contributed by atoms with Gasteiger partial charge in [0.1, 0.15) is 0 Å². The average Bonchev–Trinajstić information content (AvgIpc) is 2.56. The van der Waals surface area contributed by atoms with Crippen LogP contribution in [0.25, 0.3) is 6.08 Å². The summed E-state index contributed by atoms with van der Waals surface area (Å²) in [4.78, 5) is 20.8. The first-order valence-corrected chi connectivity index (χ1v) is 7.71. The van der Waals surface area contributed by atoms with Crippen LogP contribution in [0.15, 0.2) is 48.4 Å². The number of nitrogens with zero attached hydrogens (tertiary/aromatic N) is 3. The Morgan fingerprint density at radius 3 is 2.83 bits per heavy atom. The Kier molecular flexibility index (Phi) is 4.48. The van der Waals surface area contributed by atoms with Gasteiger partial charge in [-0.2, -0.15) is 0 Å². The van der Waals surface area contributed by atoms with E-state index in [0.717, 1.165) is 6.54 Å². The third-order valence-corrected chi connectivity index (χ3v) is 3.69. The predicted octanol–water partition coefficient (Wildman–Crippen LogP) is 1.99. The summed E-state index contributed by atoms with van der Waals surface area (Å²) in [5.74, 6) is 0.676. The number of amides is 1. The smallest absolute Gasteiger partial charge is 0.294 e. The van der Waals surface area contributed by atoms with E-state index in [1.165, 1.54) is 0 Å². The molecule has 3 rings (SSSR count). The molecule has 1 amide bonds. The lowest BCUT2D eigenvalue weighted by atomic mass is 10.1. The molecule has 0 radical (unpaired) electrons. The number of anilines is 2. The normalized spacial score (nSPS) is 15.5. The summed E-state index contributed by atoms with van der Waals surface area (Å²) in [6.45, 7) is 1.28. The Morgan fingerprint density at radius 1 is 1.29 bits per heavy atom. The third kappa shape index (κ3) is 3.38. The highest BCUT2D eigenvalue weighted by Crippen LogP contribution is 2.37. The van der Waals surface area contributed by atoms with E-state index < -0.39 is 0 Å². The van der Waals surface area contributed by atoms with Gasteiger partial charge in [0, 0.05) is 31.0 Å². The fourth-order valence-electron chi connectivity index (χ4n) is 2.45. The minimum Gasteiger partial charge on any atom is -0.449 e. The zero-order chi connectivity index (χ0) is 17.1. The fourth-order valence-corrected chi connectivity index (χ4v) is 2.45. The number of carbonyl (C=O) groups is 1. The molecular weight excluding hydrogens is 304 g/mol. The van der Waals surface area contributed by atoms with Crippen LogP contribution in [0.2, 0.25) is 0 Å². The summed E-state index contributed by atoms with van der Waals surface area (Å²) in [6.07, 6.45) is 3.34. The number of nitrogen functional groups attached to an aromatic ring is 1. The number of carbonyl (C=O) groups excluding carboxylic acids is 1. The molecule has 0 unspecified atom stereocenters. The van der Waals surface area contributed by atoms with Gasteiger partial charge in [-0.15, -0.1) is 0 Å². The molecule has 1 aromatic carbocycles. The quantitative estimate of drug-likeness (QED) is 0.688. The maximum absolute atomic E-state index is 12.9. The number of rotatable bonds is 4. The van der Waals surface area contributed by atoms with Crippen LogP contribution in [-0.4, -0.2) is 43.0 Å². The molecule has 0 fully saturated rings. The summed E-state index contributed by atoms with van der Waals surface area (Å²) in [5.41, 5.74) is 7.84. The van der Waals surface area contributed by atoms with E-state index in [1.54, 1.807) is 35.4 Å². The van der Waals surface area contributed by atoms with Crippen molar-refractivity contribution in [3.8, 4) is 5.75 Å². The standard InChI is InChI=1S/C18H20N4O2/c1-21(2)9-10-22-15-11-13(19)6-7-16(15)24-17(18(22)23)12-14-5-3-4-8-20-14/h3-8,11-12H,9-10,19H2,1-2H3/b17-12+. The lowest BCUT2D eigenvalue weighted by Crippen LogP contribution is -2.41. The van der Waals surface area contributed by atoms with Crippen molar-refractivity contribution in [3.63, 3.8) is 0 Å². The van der Waals surface area contributed by atoms with Crippen molar-refractivity contribution in [1.29, 1.82) is 0 Å². The van der Waals surface area contributed by atoms with Crippen molar-refractivity contribution in [2.75, 3.05) is 37.8 Å². The SMILES string of the molecule is CN(C)CCN1C(=O)/C(=C\c2ccccn2)Oc2ccc(N)cc21. The Bertz CT molecular complexity index is 772. The molecule has 0 atom stereocenters. The maximum Gasteiger partial charge on any atom is 0.294 e. The van der Waals surface area contributed by atoms with Gasteiger partial charge in [0.25, 0.3) is 5.91 Å². The van der Waals surface area contributed by atoms with Crippen LogP contribution in [-0.2, 0) is 4.79 Å². The molecule has 1 aliphatic rings. The topological polar surface area (TPSA) is 71.7 Å². The average molecular weight is 324 g/mol. The van der Waals surface area contributed by atoms with Crippen molar-refractivity contribution in [3.05, 3.63) is 54.0 Å². The molecular formula is C18H20N4O2. The van der Waals surface area contributed by atoms with Crippen molar-refractivity contribution < 1.29 is 9.53 Å². The van der Waals surface area contributed by atoms with Crippen LogP contribution in [0.4, 0.5) is 11.4 Å². The number of hydrogen-bond acceptors (Lipinski definition) is 5. The van der Waals surface area contributed by atoms with E-state index in [1.807, 2.05) is 37.2 Å². The van der Waals surface area contributed by atoms with Crippen molar-refractivity contribution >= 4 is 23.4 Å². The van der Waals surface area contributed by atoms with E-state index in [4.69, 9.17) is 10.5 Å². The second kappa shape index (κ2) is 6.72. The Morgan fingerprint density at radius 2 is 2.12 bits per heavy atom. The molecule has 124 valence electrons. The second-order valence-electron chi connectivity index (χ2n) is 5.85. The van der Waals surface area contributed by atoms with Crippen LogP contribution in [0.1, 0.15) is 5.69 Å². The number of fused-ring (bicyclic) bond motifs is 1. The fraction of sp³-hybridized carbons (Fsp3) is 0.222. The summed E-state index contributed by atoms with van der Waals surface area (Å²) in [5, 5.41) is 0. The summed E-state index contributed by atoms with van der Waals surface area (Å²) >= 11 is 0. The highest BCUT2D eigenvalue weighted by molar-refractivity contribution is 6.10. The van der Waals surface area contributed by atoms with Gasteiger partial charge < -0.3 is 20.3 Å². The third-order valence-electron chi connectivity index (χ3n) is 3.69. The molecule has 0 spiro atoms. The maximum atomic E-state index is 12.9. The largest absolute Gasteiger partial charge is 0.449 e. The Balaban J connectivity index is 1.99. The molecule has 2 heterocycles. The number of benzene rings is 1. The monoisotopic (exact) mass is 324 g/mol. The molecule has 0 aliphatic carbocycles. The first kappa shape index (κ1) is 16.0. The lowest BCUT2D eigenvalue weighted by molar-refractivity contribution is -0.117. The van der Waals surface area contributed by atoms with E-state index >= 15 is 0 Å². The van der Waals surface area contributed by atoms with Gasteiger partial charge in [-0.05, 0) is 44.4 Å². The Labute approximate surface area is 141 Å². The van der Waals surface area contributed by atoms with Crippen LogP contribution >= 0.6 is 0 Å². The van der Waals surface area contributed by atoms with Crippen molar-refractivity contribution in [2.45, 2.75) is 0 Å². The highest BCUT2D eigenvalue weighted by Gasteiger charge is 2.30. The summed E-state index contributed by atoms with van der Waals surface area (Å²) < 4.78 is 5.80. The molecule has 1 aromatic heterocycles. The zero-order valence-electron chi connectivity index (χ0n) is 13.8. The summed E-state index contributed by atoms with van der Waals surface area (Å²) in [6, 6.07) is 10.8. The van der Waals surface area contributed by atoms with Crippen LogP contribution in [0.3, 0.4) is 0 Å². The highest BCUT2D eigenvalue weighted by atomic mass is 16.5. The number of nitrogens with two attached hydrogens (primary N) is 1. The molecule has 6 heteroatoms. The second-order valence-corrected chi connectivity index (χ2v) is 5.85. The van der Waals surface area contributed by atoms with Gasteiger partial charge in [-0.25, -0.2) is 0 Å². The molecule has 2 N–H and O–H groups in total. The van der Waals surface area contributed by atoms with E-state index in [0.29, 0.717) is 29.4 Å². The van der Waals surface area contributed by atoms with E-state index in [9.17, 15) is 4.79 Å². The van der Waals surface area contributed by atoms with Crippen molar-refractivity contribution in [2.24, 2.45) is 0 Å². The Hall–Kier alpha value is -2.86. The molecule has 0 saturated carbocycles. The lowest BCUT2D eigenvalue weighted by Gasteiger charge is -2.31. The predicted molar refractivity (Wildman–Crippen MR) is 94.6 cm³/mol. The molecule has 0 bridgehead atoms. The number of hydrogen-bond donors (Lipinski definition) is 1. The van der Waals surface area contributed by atoms with Gasteiger partial charge in [0.15, 0.2) is 11.5 Å². The summed E-state index contributed by atoms with van der Waals surface area (Å²) in [7, 11) is 3.94. The van der Waals surface area contributed by atoms with Gasteiger partial charge in [0.2, 0.25) is 0 Å². The molecule has 1 aliphatic heterocycles. The molecule has 6 nitrogen and oxygen atoms in total. The number of pyridine rings is 1. The minimum absolute atomic E-state index is 0.194. The van der Waals surface area contributed by atoms with Gasteiger partial charge in [-0.1, -0.05) is 6.07 Å². The van der Waals surface area contributed by atoms with Crippen LogP contribution in [0, 0.1) is 0 Å². The van der Waals surface area contributed by atoms with Crippen molar-refractivity contribution in [1.82, 2.24) is 9.88 Å². The van der Waals surface area contributed by atoms with Crippen LogP contribution < -0.4 is 15.4 Å². The molecule has 2 aromatic rings. The number of aromatic nitrogens is 1.